The van der Waals surface area contributed by atoms with Gasteiger partial charge in [-0.05, 0) is 0 Å². The lowest BCUT2D eigenvalue weighted by Crippen LogP contribution is -2.36. The number of nitrogens with two attached hydrogens (primary N) is 1. The van der Waals surface area contributed by atoms with Gasteiger partial charge in [-0.2, -0.15) is 4.98 Å². The van der Waals surface area contributed by atoms with Crippen molar-refractivity contribution in [2.24, 2.45) is 19.8 Å². The predicted molar refractivity (Wildman–Crippen MR) is 79.7 cm³/mol. The Labute approximate surface area is 120 Å². The Morgan fingerprint density at radius 1 is 1.29 bits per heavy atom. The van der Waals surface area contributed by atoms with Gasteiger partial charge in [-0.3, -0.25) is 13.9 Å². The maximum Gasteiger partial charge on any atom is 0.332 e. The number of H-pyrrole nitrogens is 1. The molecule has 0 saturated heterocycles. The molecule has 0 amide bonds. The molecular formula is C12H20N6O3. The number of nitrogens with one attached hydrogen (secondary N) is 1. The molecule has 0 aliphatic rings. The number of fused-ring (bicyclic) bond motifs is 1. The Morgan fingerprint density at radius 2 is 2.00 bits per heavy atom. The largest absolute Gasteiger partial charge is 0.383 e. The van der Waals surface area contributed by atoms with Crippen LogP contribution in [-0.2, 0) is 18.8 Å². The topological polar surface area (TPSA) is 111 Å². The summed E-state index contributed by atoms with van der Waals surface area (Å²) in [5.74, 6) is 0.505. The molecule has 2 rings (SSSR count). The van der Waals surface area contributed by atoms with Crippen molar-refractivity contribution in [2.75, 3.05) is 38.3 Å². The van der Waals surface area contributed by atoms with Crippen LogP contribution in [0.25, 0.3) is 11.2 Å². The number of anilines is 1. The first-order valence-electron chi connectivity index (χ1n) is 6.61. The summed E-state index contributed by atoms with van der Waals surface area (Å²) in [6, 6.07) is 0. The molecule has 2 aromatic heterocycles. The van der Waals surface area contributed by atoms with Crippen molar-refractivity contribution in [1.82, 2.24) is 19.1 Å². The lowest BCUT2D eigenvalue weighted by molar-refractivity contribution is 0.205. The van der Waals surface area contributed by atoms with E-state index in [0.29, 0.717) is 43.4 Å². The molecule has 0 atom stereocenters. The number of nitrogens with zero attached hydrogens (tertiary/aromatic N) is 4. The Balaban J connectivity index is 2.56. The highest BCUT2D eigenvalue weighted by atomic mass is 16.5. The Bertz CT molecular complexity index is 744. The van der Waals surface area contributed by atoms with E-state index < -0.39 is 11.2 Å². The van der Waals surface area contributed by atoms with Gasteiger partial charge in [-0.1, -0.05) is 0 Å². The molecule has 0 bridgehead atoms. The molecule has 0 unspecified atom stereocenters. The van der Waals surface area contributed by atoms with E-state index in [9.17, 15) is 9.59 Å². The molecule has 2 heterocycles. The molecule has 0 aliphatic carbocycles. The second-order valence-electron chi connectivity index (χ2n) is 4.73. The van der Waals surface area contributed by atoms with Crippen molar-refractivity contribution in [2.45, 2.75) is 0 Å². The van der Waals surface area contributed by atoms with E-state index in [1.54, 1.807) is 14.2 Å². The zero-order chi connectivity index (χ0) is 15.6. The van der Waals surface area contributed by atoms with Crippen LogP contribution in [0.1, 0.15) is 0 Å². The third-order valence-corrected chi connectivity index (χ3v) is 3.35. The molecule has 0 aliphatic heterocycles. The number of methoxy groups -OCH3 is 1. The van der Waals surface area contributed by atoms with Crippen LogP contribution in [0.2, 0.25) is 0 Å². The molecule has 2 aromatic rings. The molecule has 0 fully saturated rings. The molecule has 21 heavy (non-hydrogen) atoms. The minimum absolute atomic E-state index is 0.300. The van der Waals surface area contributed by atoms with Gasteiger partial charge in [-0.15, -0.1) is 0 Å². The molecular weight excluding hydrogens is 276 g/mol. The van der Waals surface area contributed by atoms with Crippen LogP contribution >= 0.6 is 0 Å². The smallest absolute Gasteiger partial charge is 0.332 e. The Hall–Kier alpha value is -2.13. The maximum atomic E-state index is 12.1. The number of imidazole rings is 1. The summed E-state index contributed by atoms with van der Waals surface area (Å²) in [7, 11) is 4.63. The highest BCUT2D eigenvalue weighted by molar-refractivity contribution is 5.72. The lowest BCUT2D eigenvalue weighted by atomic mass is 10.5. The van der Waals surface area contributed by atoms with Crippen LogP contribution in [-0.4, -0.2) is 52.5 Å². The highest BCUT2D eigenvalue weighted by Crippen LogP contribution is 2.12. The first-order valence-corrected chi connectivity index (χ1v) is 6.61. The van der Waals surface area contributed by atoms with E-state index in [-0.39, 0.29) is 0 Å². The van der Waals surface area contributed by atoms with Crippen LogP contribution in [0.5, 0.6) is 0 Å². The lowest BCUT2D eigenvalue weighted by Gasteiger charge is -2.20. The molecule has 3 N–H and O–H groups in total. The fourth-order valence-corrected chi connectivity index (χ4v) is 2.14. The van der Waals surface area contributed by atoms with Crippen molar-refractivity contribution in [3.8, 4) is 0 Å². The third kappa shape index (κ3) is 2.69. The fraction of sp³-hybridized carbons (Fsp3) is 0.583. The maximum absolute atomic E-state index is 12.1. The number of hydrogen-bond donors (Lipinski definition) is 2. The van der Waals surface area contributed by atoms with Crippen molar-refractivity contribution in [1.29, 1.82) is 0 Å². The van der Waals surface area contributed by atoms with Gasteiger partial charge in [0.2, 0.25) is 5.95 Å². The minimum atomic E-state index is -0.409. The second kappa shape index (κ2) is 6.10. The normalized spacial score (nSPS) is 11.2. The monoisotopic (exact) mass is 296 g/mol. The van der Waals surface area contributed by atoms with E-state index in [1.165, 1.54) is 11.6 Å². The minimum Gasteiger partial charge on any atom is -0.383 e. The van der Waals surface area contributed by atoms with E-state index in [0.717, 1.165) is 4.57 Å². The molecule has 0 aromatic carbocycles. The van der Waals surface area contributed by atoms with Gasteiger partial charge in [0.15, 0.2) is 11.2 Å². The van der Waals surface area contributed by atoms with Gasteiger partial charge in [-0.25, -0.2) is 4.79 Å². The van der Waals surface area contributed by atoms with Crippen molar-refractivity contribution >= 4 is 17.1 Å². The van der Waals surface area contributed by atoms with Gasteiger partial charge < -0.3 is 20.4 Å². The number of hydrogen-bond acceptors (Lipinski definition) is 6. The molecule has 9 nitrogen and oxygen atoms in total. The average molecular weight is 296 g/mol. The first-order chi connectivity index (χ1) is 10.0. The van der Waals surface area contributed by atoms with Gasteiger partial charge in [0.05, 0.1) is 6.61 Å². The zero-order valence-corrected chi connectivity index (χ0v) is 12.4. The molecule has 0 radical (unpaired) electrons. The van der Waals surface area contributed by atoms with Crippen molar-refractivity contribution in [3.05, 3.63) is 20.8 Å². The number of aryl methyl sites for hydroxylation is 1. The SMILES string of the molecule is COCCN(CCN)c1nc2c([nH]1)c(=O)n(C)c(=O)n2C. The number of aromatic amines is 1. The highest BCUT2D eigenvalue weighted by Gasteiger charge is 2.16. The summed E-state index contributed by atoms with van der Waals surface area (Å²) in [5, 5.41) is 0. The standard InChI is InChI=1S/C12H20N6O3/c1-16-9-8(10(19)17(2)12(16)20)14-11(15-9)18(5-4-13)6-7-21-3/h4-7,13H2,1-3H3,(H,14,15). The molecule has 0 saturated carbocycles. The Morgan fingerprint density at radius 3 is 2.62 bits per heavy atom. The van der Waals surface area contributed by atoms with E-state index >= 15 is 0 Å². The van der Waals surface area contributed by atoms with E-state index in [1.807, 2.05) is 4.90 Å². The van der Waals surface area contributed by atoms with Gasteiger partial charge in [0.1, 0.15) is 0 Å². The first kappa shape index (κ1) is 15.3. The Kier molecular flexibility index (Phi) is 4.43. The fourth-order valence-electron chi connectivity index (χ4n) is 2.14. The summed E-state index contributed by atoms with van der Waals surface area (Å²) in [6.07, 6.45) is 0. The summed E-state index contributed by atoms with van der Waals surface area (Å²) in [4.78, 5) is 33.2. The molecule has 0 spiro atoms. The van der Waals surface area contributed by atoms with Crippen LogP contribution in [0, 0.1) is 0 Å². The van der Waals surface area contributed by atoms with Gasteiger partial charge in [0.25, 0.3) is 5.56 Å². The summed E-state index contributed by atoms with van der Waals surface area (Å²) >= 11 is 0. The number of aromatic nitrogens is 4. The third-order valence-electron chi connectivity index (χ3n) is 3.35. The summed E-state index contributed by atoms with van der Waals surface area (Å²) in [5.41, 5.74) is 5.42. The van der Waals surface area contributed by atoms with E-state index in [2.05, 4.69) is 9.97 Å². The number of rotatable bonds is 6. The van der Waals surface area contributed by atoms with Crippen LogP contribution in [0.3, 0.4) is 0 Å². The van der Waals surface area contributed by atoms with Gasteiger partial charge >= 0.3 is 5.69 Å². The summed E-state index contributed by atoms with van der Waals surface area (Å²) in [6.45, 7) is 2.10. The van der Waals surface area contributed by atoms with Crippen LogP contribution < -0.4 is 21.9 Å². The number of ether oxygens (including phenoxy) is 1. The predicted octanol–water partition coefficient (Wildman–Crippen LogP) is -1.63. The second-order valence-corrected chi connectivity index (χ2v) is 4.73. The van der Waals surface area contributed by atoms with E-state index in [4.69, 9.17) is 10.5 Å². The molecule has 116 valence electrons. The van der Waals surface area contributed by atoms with Gasteiger partial charge in [0, 0.05) is 40.8 Å². The zero-order valence-electron chi connectivity index (χ0n) is 12.4. The average Bonchev–Trinajstić information content (AvgIpc) is 2.92. The quantitative estimate of drug-likeness (QED) is 0.662. The van der Waals surface area contributed by atoms with Crippen molar-refractivity contribution < 1.29 is 4.74 Å². The van der Waals surface area contributed by atoms with Crippen LogP contribution in [0.15, 0.2) is 9.59 Å². The van der Waals surface area contributed by atoms with Crippen molar-refractivity contribution in [3.63, 3.8) is 0 Å². The summed E-state index contributed by atoms with van der Waals surface area (Å²) < 4.78 is 7.44. The van der Waals surface area contributed by atoms with Crippen LogP contribution in [0.4, 0.5) is 5.95 Å². The molecule has 9 heteroatoms.